The van der Waals surface area contributed by atoms with Crippen LogP contribution >= 0.6 is 11.3 Å². The lowest BCUT2D eigenvalue weighted by molar-refractivity contribution is -0.138. The van der Waals surface area contributed by atoms with Gasteiger partial charge in [-0.05, 0) is 98.2 Å². The molecule has 0 saturated carbocycles. The lowest BCUT2D eigenvalue weighted by atomic mass is 9.94. The van der Waals surface area contributed by atoms with Gasteiger partial charge in [-0.1, -0.05) is 12.1 Å². The molecule has 0 spiro atoms. The van der Waals surface area contributed by atoms with Gasteiger partial charge in [0.1, 0.15) is 5.75 Å². The van der Waals surface area contributed by atoms with Crippen molar-refractivity contribution in [2.75, 3.05) is 13.2 Å². The van der Waals surface area contributed by atoms with Gasteiger partial charge < -0.3 is 15.2 Å². The highest BCUT2D eigenvalue weighted by molar-refractivity contribution is 7.14. The van der Waals surface area contributed by atoms with E-state index >= 15 is 0 Å². The van der Waals surface area contributed by atoms with E-state index < -0.39 is 17.7 Å². The first-order chi connectivity index (χ1) is 17.5. The van der Waals surface area contributed by atoms with Crippen molar-refractivity contribution < 1.29 is 32.6 Å². The molecule has 3 aromatic rings. The number of carbonyl (C=O) groups excluding carboxylic acids is 1. The Hall–Kier alpha value is -3.33. The molecule has 2 N–H and O–H groups in total. The molecule has 5 nitrogen and oxygen atoms in total. The summed E-state index contributed by atoms with van der Waals surface area (Å²) in [7, 11) is 0. The molecule has 3 rings (SSSR count). The van der Waals surface area contributed by atoms with Gasteiger partial charge in [-0.3, -0.25) is 9.59 Å². The largest absolute Gasteiger partial charge is 0.494 e. The molecule has 198 valence electrons. The van der Waals surface area contributed by atoms with E-state index in [4.69, 9.17) is 9.84 Å². The Morgan fingerprint density at radius 2 is 1.65 bits per heavy atom. The van der Waals surface area contributed by atoms with E-state index in [1.807, 2.05) is 32.0 Å². The fraction of sp³-hybridized carbons (Fsp3) is 0.357. The number of carboxylic acids is 1. The molecular weight excluding hydrogens is 503 g/mol. The summed E-state index contributed by atoms with van der Waals surface area (Å²) in [5.74, 6) is -0.458. The van der Waals surface area contributed by atoms with Crippen molar-refractivity contribution in [2.45, 2.75) is 52.1 Å². The Balaban J connectivity index is 1.43. The number of nitrogens with one attached hydrogen (secondary N) is 1. The van der Waals surface area contributed by atoms with Crippen LogP contribution in [0.5, 0.6) is 5.75 Å². The van der Waals surface area contributed by atoms with Crippen molar-refractivity contribution in [1.29, 1.82) is 0 Å². The number of ether oxygens (including phenoxy) is 1. The minimum atomic E-state index is -4.35. The number of aryl methyl sites for hydroxylation is 3. The molecule has 9 heteroatoms. The first-order valence-electron chi connectivity index (χ1n) is 12.0. The summed E-state index contributed by atoms with van der Waals surface area (Å²) in [5.41, 5.74) is 2.87. The zero-order valence-corrected chi connectivity index (χ0v) is 21.6. The molecule has 0 aliphatic rings. The molecule has 1 heterocycles. The lowest BCUT2D eigenvalue weighted by Crippen LogP contribution is -2.25. The Labute approximate surface area is 218 Å². The summed E-state index contributed by atoms with van der Waals surface area (Å²) in [6.45, 7) is 4.52. The molecule has 0 fully saturated rings. The number of carboxylic acid groups (broad SMARTS) is 1. The summed E-state index contributed by atoms with van der Waals surface area (Å²) >= 11 is 1.42. The predicted octanol–water partition coefficient (Wildman–Crippen LogP) is 7.05. The second-order valence-electron chi connectivity index (χ2n) is 8.83. The number of aliphatic carboxylic acids is 1. The number of benzene rings is 2. The SMILES string of the molecule is Cc1cc(OCCCCCc2ccc(C(=O)NCCC(=O)O)s2)cc(C)c1-c1ccc(C(F)(F)F)cc1. The van der Waals surface area contributed by atoms with Crippen molar-refractivity contribution in [3.8, 4) is 16.9 Å². The number of amides is 1. The van der Waals surface area contributed by atoms with Gasteiger partial charge in [-0.15, -0.1) is 11.3 Å². The highest BCUT2D eigenvalue weighted by atomic mass is 32.1. The first kappa shape index (κ1) is 28.2. The average molecular weight is 534 g/mol. The summed E-state index contributed by atoms with van der Waals surface area (Å²) in [6.07, 6.45) is -0.823. The fourth-order valence-electron chi connectivity index (χ4n) is 4.06. The van der Waals surface area contributed by atoms with E-state index in [0.717, 1.165) is 70.7 Å². The van der Waals surface area contributed by atoms with Crippen LogP contribution in [0.25, 0.3) is 11.1 Å². The molecule has 0 aliphatic heterocycles. The molecule has 2 aromatic carbocycles. The number of unbranched alkanes of at least 4 members (excludes halogenated alkanes) is 2. The Kier molecular flexibility index (Phi) is 9.74. The van der Waals surface area contributed by atoms with Gasteiger partial charge >= 0.3 is 12.1 Å². The van der Waals surface area contributed by atoms with Gasteiger partial charge in [0, 0.05) is 11.4 Å². The number of hydrogen-bond donors (Lipinski definition) is 2. The highest BCUT2D eigenvalue weighted by Gasteiger charge is 2.30. The molecule has 1 amide bonds. The van der Waals surface area contributed by atoms with Gasteiger partial charge in [-0.2, -0.15) is 13.2 Å². The monoisotopic (exact) mass is 533 g/mol. The minimum absolute atomic E-state index is 0.103. The zero-order valence-electron chi connectivity index (χ0n) is 20.8. The maximum atomic E-state index is 12.9. The number of alkyl halides is 3. The smallest absolute Gasteiger partial charge is 0.416 e. The van der Waals surface area contributed by atoms with E-state index in [1.165, 1.54) is 23.5 Å². The maximum Gasteiger partial charge on any atom is 0.416 e. The molecule has 0 aliphatic carbocycles. The summed E-state index contributed by atoms with van der Waals surface area (Å²) < 4.78 is 44.5. The molecule has 0 atom stereocenters. The van der Waals surface area contributed by atoms with Gasteiger partial charge in [0.05, 0.1) is 23.5 Å². The summed E-state index contributed by atoms with van der Waals surface area (Å²) in [5, 5.41) is 11.2. The van der Waals surface area contributed by atoms with Gasteiger partial charge in [0.2, 0.25) is 0 Å². The number of hydrogen-bond acceptors (Lipinski definition) is 4. The van der Waals surface area contributed by atoms with E-state index in [1.54, 1.807) is 6.07 Å². The predicted molar refractivity (Wildman–Crippen MR) is 138 cm³/mol. The van der Waals surface area contributed by atoms with E-state index in [2.05, 4.69) is 5.32 Å². The van der Waals surface area contributed by atoms with Crippen molar-refractivity contribution in [2.24, 2.45) is 0 Å². The Bertz CT molecular complexity index is 1200. The molecule has 37 heavy (non-hydrogen) atoms. The summed E-state index contributed by atoms with van der Waals surface area (Å²) in [4.78, 5) is 24.3. The third kappa shape index (κ3) is 8.35. The molecular formula is C28H30F3NO4S. The van der Waals surface area contributed by atoms with Crippen molar-refractivity contribution in [3.05, 3.63) is 75.0 Å². The van der Waals surface area contributed by atoms with Gasteiger partial charge in [0.25, 0.3) is 5.91 Å². The fourth-order valence-corrected chi connectivity index (χ4v) is 5.03. The van der Waals surface area contributed by atoms with Crippen molar-refractivity contribution in [1.82, 2.24) is 5.32 Å². The zero-order chi connectivity index (χ0) is 27.0. The van der Waals surface area contributed by atoms with Crippen LogP contribution in [-0.4, -0.2) is 30.1 Å². The van der Waals surface area contributed by atoms with Crippen molar-refractivity contribution >= 4 is 23.2 Å². The second kappa shape index (κ2) is 12.8. The van der Waals surface area contributed by atoms with Crippen LogP contribution in [-0.2, 0) is 17.4 Å². The minimum Gasteiger partial charge on any atom is -0.494 e. The van der Waals surface area contributed by atoms with Gasteiger partial charge in [-0.25, -0.2) is 0 Å². The Morgan fingerprint density at radius 1 is 0.973 bits per heavy atom. The van der Waals surface area contributed by atoms with Crippen LogP contribution in [0.15, 0.2) is 48.5 Å². The maximum absolute atomic E-state index is 12.9. The number of halogens is 3. The first-order valence-corrected chi connectivity index (χ1v) is 12.9. The molecule has 0 bridgehead atoms. The van der Waals surface area contributed by atoms with E-state index in [0.29, 0.717) is 11.5 Å². The normalized spacial score (nSPS) is 11.4. The third-order valence-electron chi connectivity index (χ3n) is 5.85. The topological polar surface area (TPSA) is 75.6 Å². The number of thiophene rings is 1. The quantitative estimate of drug-likeness (QED) is 0.245. The standard InChI is InChI=1S/C28H30F3NO4S/c1-18-16-22(17-19(2)26(18)20-7-9-21(10-8-20)28(29,30)31)36-15-5-3-4-6-23-11-12-24(37-23)27(35)32-14-13-25(33)34/h7-12,16-17H,3-6,13-15H2,1-2H3,(H,32,35)(H,33,34). The number of rotatable bonds is 12. The van der Waals surface area contributed by atoms with Crippen LogP contribution in [0, 0.1) is 13.8 Å². The molecule has 0 unspecified atom stereocenters. The lowest BCUT2D eigenvalue weighted by Gasteiger charge is -2.15. The summed E-state index contributed by atoms with van der Waals surface area (Å²) in [6, 6.07) is 12.7. The van der Waals surface area contributed by atoms with E-state index in [9.17, 15) is 22.8 Å². The van der Waals surface area contributed by atoms with Crippen LogP contribution < -0.4 is 10.1 Å². The van der Waals surface area contributed by atoms with Crippen LogP contribution in [0.3, 0.4) is 0 Å². The number of carbonyl (C=O) groups is 2. The average Bonchev–Trinajstić information content (AvgIpc) is 3.29. The molecule has 1 aromatic heterocycles. The highest BCUT2D eigenvalue weighted by Crippen LogP contribution is 2.34. The third-order valence-corrected chi connectivity index (χ3v) is 7.00. The molecule has 0 saturated heterocycles. The van der Waals surface area contributed by atoms with Gasteiger partial charge in [0.15, 0.2) is 0 Å². The Morgan fingerprint density at radius 3 is 2.27 bits per heavy atom. The van der Waals surface area contributed by atoms with Crippen LogP contribution in [0.4, 0.5) is 13.2 Å². The van der Waals surface area contributed by atoms with Crippen LogP contribution in [0.1, 0.15) is 56.9 Å². The van der Waals surface area contributed by atoms with Crippen molar-refractivity contribution in [3.63, 3.8) is 0 Å². The second-order valence-corrected chi connectivity index (χ2v) is 10.0. The molecule has 0 radical (unpaired) electrons. The van der Waals surface area contributed by atoms with E-state index in [-0.39, 0.29) is 18.9 Å². The van der Waals surface area contributed by atoms with Crippen LogP contribution in [0.2, 0.25) is 0 Å².